The second-order valence-corrected chi connectivity index (χ2v) is 20.9. The number of methoxy groups -OCH3 is 1. The molecule has 5 amide bonds. The Morgan fingerprint density at radius 3 is 2.25 bits per heavy atom. The van der Waals surface area contributed by atoms with Gasteiger partial charge < -0.3 is 41.5 Å². The number of anilines is 3. The van der Waals surface area contributed by atoms with Gasteiger partial charge >= 0.3 is 5.97 Å². The highest BCUT2D eigenvalue weighted by Gasteiger charge is 2.26. The molecule has 21 nitrogen and oxygen atoms in total. The van der Waals surface area contributed by atoms with Gasteiger partial charge in [-0.15, -0.1) is 0 Å². The number of aromatic nitrogens is 6. The number of amides is 5. The topological polar surface area (TPSA) is 257 Å². The van der Waals surface area contributed by atoms with Crippen molar-refractivity contribution in [2.45, 2.75) is 96.6 Å². The summed E-state index contributed by atoms with van der Waals surface area (Å²) in [6.45, 7) is 7.33. The van der Waals surface area contributed by atoms with Crippen LogP contribution in [0, 0.1) is 18.7 Å². The molecule has 6 aromatic rings. The molecule has 6 N–H and O–H groups in total. The molecular formula is C57H71FN14O7. The van der Waals surface area contributed by atoms with Crippen LogP contribution in [0.15, 0.2) is 67.0 Å². The molecule has 22 heteroatoms. The molecule has 79 heavy (non-hydrogen) atoms. The van der Waals surface area contributed by atoms with E-state index in [-0.39, 0.29) is 37.1 Å². The summed E-state index contributed by atoms with van der Waals surface area (Å²) in [5.41, 5.74) is 10.8. The van der Waals surface area contributed by atoms with Crippen molar-refractivity contribution in [3.05, 3.63) is 89.8 Å². The van der Waals surface area contributed by atoms with Crippen molar-refractivity contribution in [2.24, 2.45) is 11.7 Å². The first kappa shape index (κ1) is 55.7. The van der Waals surface area contributed by atoms with Gasteiger partial charge in [0.15, 0.2) is 11.5 Å². The van der Waals surface area contributed by atoms with Crippen molar-refractivity contribution in [1.29, 1.82) is 0 Å². The number of esters is 1. The number of carbonyl (C=O) groups excluding carboxylic acids is 6. The molecule has 3 aromatic heterocycles. The molecule has 418 valence electrons. The Morgan fingerprint density at radius 1 is 0.759 bits per heavy atom. The quantitative estimate of drug-likeness (QED) is 0.0426. The van der Waals surface area contributed by atoms with E-state index >= 15 is 4.39 Å². The van der Waals surface area contributed by atoms with Crippen molar-refractivity contribution in [3.63, 3.8) is 0 Å². The van der Waals surface area contributed by atoms with Gasteiger partial charge in [-0.05, 0) is 131 Å². The molecule has 3 saturated heterocycles. The smallest absolute Gasteiger partial charge is 0.325 e. The summed E-state index contributed by atoms with van der Waals surface area (Å²) < 4.78 is 23.9. The van der Waals surface area contributed by atoms with Crippen LogP contribution in [0.5, 0.6) is 0 Å². The van der Waals surface area contributed by atoms with Crippen molar-refractivity contribution >= 4 is 74.6 Å². The number of fused-ring (bicyclic) bond motifs is 2. The molecule has 0 aliphatic carbocycles. The van der Waals surface area contributed by atoms with E-state index < -0.39 is 29.5 Å². The summed E-state index contributed by atoms with van der Waals surface area (Å²) in [7, 11) is 1.21. The summed E-state index contributed by atoms with van der Waals surface area (Å²) in [5.74, 6) is -0.738. The van der Waals surface area contributed by atoms with Crippen molar-refractivity contribution in [1.82, 2.24) is 55.3 Å². The average molecular weight is 1080 g/mol. The summed E-state index contributed by atoms with van der Waals surface area (Å²) in [5, 5.41) is 21.9. The molecule has 0 bridgehead atoms. The molecular weight excluding hydrogens is 1010 g/mol. The number of ether oxygens (including phenoxy) is 1. The Labute approximate surface area is 458 Å². The van der Waals surface area contributed by atoms with Crippen LogP contribution in [0.4, 0.5) is 21.7 Å². The molecule has 3 aliphatic heterocycles. The first-order valence-electron chi connectivity index (χ1n) is 27.6. The van der Waals surface area contributed by atoms with Crippen LogP contribution >= 0.6 is 0 Å². The standard InChI is InChI=1S/C57H71FN14O7/c1-37-54-43(10-9-11-46(54)72(67-37)36-51(75)61-32-49(73)62-33-53(77)79-2)44-29-47-41(28-45(44)58)30-64-71(47)34-38-17-24-68(25-18-38)35-50(74)60-21-6-3-5-12-52(76)70-26-19-40(20-27-70)39-13-15-42(16-14-39)65-57-55(56(59)78)63-31-48(66-57)69-22-7-4-8-23-69/h9-11,13-16,28-31,38,40H,3-8,12,17-27,32-36H2,1-2H3,(H2,59,78)(H,60,74)(H,61,75)(H,62,73)(H,65,66). The number of rotatable bonds is 22. The maximum Gasteiger partial charge on any atom is 0.325 e. The normalized spacial score (nSPS) is 15.5. The Balaban J connectivity index is 0.665. The van der Waals surface area contributed by atoms with E-state index in [4.69, 9.17) is 10.7 Å². The monoisotopic (exact) mass is 1080 g/mol. The third-order valence-corrected chi connectivity index (χ3v) is 15.4. The Bertz CT molecular complexity index is 3160. The van der Waals surface area contributed by atoms with Gasteiger partial charge in [0.05, 0.1) is 49.3 Å². The summed E-state index contributed by atoms with van der Waals surface area (Å²) in [6, 6.07) is 16.9. The van der Waals surface area contributed by atoms with Gasteiger partial charge in [-0.2, -0.15) is 10.2 Å². The fourth-order valence-corrected chi connectivity index (χ4v) is 11.0. The average Bonchev–Trinajstić information content (AvgIpc) is 4.12. The largest absolute Gasteiger partial charge is 0.468 e. The van der Waals surface area contributed by atoms with Gasteiger partial charge in [-0.1, -0.05) is 30.7 Å². The number of aryl methyl sites for hydroxylation is 1. The number of halogens is 1. The van der Waals surface area contributed by atoms with E-state index in [1.165, 1.54) is 29.8 Å². The molecule has 3 aromatic carbocycles. The number of hydrogen-bond acceptors (Lipinski definition) is 14. The van der Waals surface area contributed by atoms with Crippen LogP contribution in [0.1, 0.15) is 98.3 Å². The van der Waals surface area contributed by atoms with Crippen LogP contribution in [-0.4, -0.2) is 147 Å². The molecule has 9 rings (SSSR count). The zero-order valence-electron chi connectivity index (χ0n) is 45.1. The van der Waals surface area contributed by atoms with Gasteiger partial charge in [0.2, 0.25) is 23.6 Å². The number of primary amides is 1. The predicted octanol–water partition coefficient (Wildman–Crippen LogP) is 5.32. The van der Waals surface area contributed by atoms with Crippen LogP contribution in [-0.2, 0) is 41.8 Å². The molecule has 6 heterocycles. The minimum Gasteiger partial charge on any atom is -0.468 e. The zero-order valence-corrected chi connectivity index (χ0v) is 45.1. The number of nitrogens with two attached hydrogens (primary N) is 1. The minimum atomic E-state index is -0.635. The van der Waals surface area contributed by atoms with E-state index in [9.17, 15) is 28.8 Å². The molecule has 3 fully saturated rings. The molecule has 0 unspecified atom stereocenters. The second-order valence-electron chi connectivity index (χ2n) is 20.9. The van der Waals surface area contributed by atoms with E-state index in [1.807, 2.05) is 39.9 Å². The summed E-state index contributed by atoms with van der Waals surface area (Å²) in [4.78, 5) is 89.9. The number of carbonyl (C=O) groups is 6. The second kappa shape index (κ2) is 26.1. The lowest BCUT2D eigenvalue weighted by molar-refractivity contribution is -0.141. The molecule has 0 radical (unpaired) electrons. The lowest BCUT2D eigenvalue weighted by Gasteiger charge is -2.32. The van der Waals surface area contributed by atoms with E-state index in [0.717, 1.165) is 114 Å². The predicted molar refractivity (Wildman–Crippen MR) is 297 cm³/mol. The molecule has 0 atom stereocenters. The summed E-state index contributed by atoms with van der Waals surface area (Å²) >= 11 is 0. The van der Waals surface area contributed by atoms with E-state index in [0.29, 0.717) is 76.8 Å². The number of hydrogen-bond donors (Lipinski definition) is 5. The SMILES string of the molecule is COC(=O)CNC(=O)CNC(=O)Cn1nc(C)c2c(-c3cc4c(cnn4CC4CCN(CC(=O)NCCCCCC(=O)N5CCC(c6ccc(Nc7nc(N8CCCCC8)cnc7C(N)=O)cc6)CC5)CC4)cc3F)cccc21. The van der Waals surface area contributed by atoms with Crippen LogP contribution in [0.2, 0.25) is 0 Å². The number of unbranched alkanes of at least 4 members (excludes halogenated alkanes) is 2. The van der Waals surface area contributed by atoms with Crippen LogP contribution in [0.25, 0.3) is 32.9 Å². The lowest BCUT2D eigenvalue weighted by Crippen LogP contribution is -2.42. The van der Waals surface area contributed by atoms with E-state index in [1.54, 1.807) is 25.4 Å². The molecule has 0 saturated carbocycles. The molecule has 3 aliphatic rings. The maximum absolute atomic E-state index is 15.9. The zero-order chi connectivity index (χ0) is 55.4. The third-order valence-electron chi connectivity index (χ3n) is 15.4. The number of nitrogens with one attached hydrogen (secondary N) is 4. The van der Waals surface area contributed by atoms with Crippen LogP contribution in [0.3, 0.4) is 0 Å². The fourth-order valence-electron chi connectivity index (χ4n) is 11.0. The molecule has 0 spiro atoms. The lowest BCUT2D eigenvalue weighted by atomic mass is 9.89. The van der Waals surface area contributed by atoms with Gasteiger partial charge in [0.1, 0.15) is 24.7 Å². The number of likely N-dealkylation sites (tertiary alicyclic amines) is 2. The van der Waals surface area contributed by atoms with Gasteiger partial charge in [-0.3, -0.25) is 43.0 Å². The van der Waals surface area contributed by atoms with Crippen molar-refractivity contribution in [3.8, 4) is 11.1 Å². The number of piperidine rings is 3. The number of nitrogens with zero attached hydrogens (tertiary/aromatic N) is 9. The van der Waals surface area contributed by atoms with Gasteiger partial charge in [-0.25, -0.2) is 14.4 Å². The third kappa shape index (κ3) is 14.2. The fraction of sp³-hybridized carbons (Fsp3) is 0.474. The highest BCUT2D eigenvalue weighted by Crippen LogP contribution is 2.36. The summed E-state index contributed by atoms with van der Waals surface area (Å²) in [6.07, 6.45) is 13.2. The van der Waals surface area contributed by atoms with Gasteiger partial charge in [0.25, 0.3) is 5.91 Å². The Hall–Kier alpha value is -8.01. The highest BCUT2D eigenvalue weighted by atomic mass is 19.1. The number of benzene rings is 3. The minimum absolute atomic E-state index is 0.00217. The Kier molecular flexibility index (Phi) is 18.4. The van der Waals surface area contributed by atoms with E-state index in [2.05, 4.69) is 63.1 Å². The highest BCUT2D eigenvalue weighted by molar-refractivity contribution is 6.00. The Morgan fingerprint density at radius 2 is 1.51 bits per heavy atom. The maximum atomic E-state index is 15.9. The van der Waals surface area contributed by atoms with Crippen LogP contribution < -0.4 is 31.9 Å². The van der Waals surface area contributed by atoms with Crippen molar-refractivity contribution in [2.75, 3.05) is 82.8 Å². The van der Waals surface area contributed by atoms with Crippen molar-refractivity contribution < 1.29 is 37.9 Å². The first-order valence-corrected chi connectivity index (χ1v) is 27.6. The van der Waals surface area contributed by atoms with Gasteiger partial charge in [0, 0.05) is 67.7 Å². The first-order chi connectivity index (χ1) is 38.3.